The predicted molar refractivity (Wildman–Crippen MR) is 33.6 cm³/mol. The third kappa shape index (κ3) is 0.590. The van der Waals surface area contributed by atoms with Crippen LogP contribution in [0.5, 0.6) is 0 Å². The van der Waals surface area contributed by atoms with Crippen LogP contribution < -0.4 is 0 Å². The smallest absolute Gasteiger partial charge is 0.228 e. The SMILES string of the molecule is O=C1CC2CCC=CN12. The lowest BCUT2D eigenvalue weighted by Gasteiger charge is -2.40. The highest BCUT2D eigenvalue weighted by Gasteiger charge is 2.34. The molecule has 0 aromatic carbocycles. The maximum atomic E-state index is 10.7. The van der Waals surface area contributed by atoms with Crippen LogP contribution in [0.1, 0.15) is 19.3 Å². The van der Waals surface area contributed by atoms with E-state index in [2.05, 4.69) is 6.08 Å². The molecule has 2 aliphatic rings. The summed E-state index contributed by atoms with van der Waals surface area (Å²) in [4.78, 5) is 12.6. The van der Waals surface area contributed by atoms with E-state index in [1.807, 2.05) is 11.1 Å². The molecule has 0 spiro atoms. The molecule has 0 aromatic rings. The molecule has 2 heteroatoms. The average molecular weight is 123 g/mol. The number of β-lactam (4-membered cyclic amide) rings is 1. The normalized spacial score (nSPS) is 31.8. The second-order valence-corrected chi connectivity index (χ2v) is 2.62. The highest BCUT2D eigenvalue weighted by molar-refractivity contribution is 5.84. The van der Waals surface area contributed by atoms with Crippen LogP contribution in [0.3, 0.4) is 0 Å². The van der Waals surface area contributed by atoms with Crippen LogP contribution in [0.2, 0.25) is 0 Å². The molecule has 2 heterocycles. The predicted octanol–water partition coefficient (Wildman–Crippen LogP) is 0.895. The van der Waals surface area contributed by atoms with E-state index in [1.165, 1.54) is 6.42 Å². The van der Waals surface area contributed by atoms with Gasteiger partial charge in [0.15, 0.2) is 0 Å². The minimum atomic E-state index is 0.288. The van der Waals surface area contributed by atoms with Crippen LogP contribution in [-0.2, 0) is 4.79 Å². The summed E-state index contributed by atoms with van der Waals surface area (Å²) in [7, 11) is 0. The summed E-state index contributed by atoms with van der Waals surface area (Å²) in [5, 5.41) is 0. The summed E-state index contributed by atoms with van der Waals surface area (Å²) in [6.07, 6.45) is 7.08. The Morgan fingerprint density at radius 1 is 1.67 bits per heavy atom. The van der Waals surface area contributed by atoms with Crippen molar-refractivity contribution in [2.45, 2.75) is 25.3 Å². The molecule has 48 valence electrons. The number of hydrogen-bond donors (Lipinski definition) is 0. The Kier molecular flexibility index (Phi) is 0.891. The van der Waals surface area contributed by atoms with E-state index >= 15 is 0 Å². The van der Waals surface area contributed by atoms with Gasteiger partial charge < -0.3 is 4.90 Å². The van der Waals surface area contributed by atoms with Gasteiger partial charge in [0.25, 0.3) is 0 Å². The number of carbonyl (C=O) groups excluding carboxylic acids is 1. The van der Waals surface area contributed by atoms with Crippen LogP contribution >= 0.6 is 0 Å². The Balaban J connectivity index is 2.16. The molecule has 2 nitrogen and oxygen atoms in total. The van der Waals surface area contributed by atoms with E-state index in [0.29, 0.717) is 6.04 Å². The maximum absolute atomic E-state index is 10.7. The van der Waals surface area contributed by atoms with Crippen molar-refractivity contribution in [3.8, 4) is 0 Å². The molecule has 1 unspecified atom stereocenters. The highest BCUT2D eigenvalue weighted by atomic mass is 16.2. The van der Waals surface area contributed by atoms with E-state index in [9.17, 15) is 4.79 Å². The Morgan fingerprint density at radius 2 is 2.56 bits per heavy atom. The average Bonchev–Trinajstić information content (AvgIpc) is 1.86. The number of amides is 1. The summed E-state index contributed by atoms with van der Waals surface area (Å²) in [6.45, 7) is 0. The van der Waals surface area contributed by atoms with Gasteiger partial charge in [-0.1, -0.05) is 6.08 Å². The summed E-state index contributed by atoms with van der Waals surface area (Å²) >= 11 is 0. The first-order valence-corrected chi connectivity index (χ1v) is 3.36. The standard InChI is InChI=1S/C7H9NO/c9-7-5-6-3-1-2-4-8(6)7/h2,4,6H,1,3,5H2. The minimum absolute atomic E-state index is 0.288. The first-order valence-electron chi connectivity index (χ1n) is 3.36. The summed E-state index contributed by atoms with van der Waals surface area (Å²) in [6, 6.07) is 0.558. The Bertz CT molecular complexity index is 174. The molecule has 1 fully saturated rings. The van der Waals surface area contributed by atoms with Crippen LogP contribution in [0, 0.1) is 0 Å². The maximum Gasteiger partial charge on any atom is 0.228 e. The first kappa shape index (κ1) is 5.03. The van der Waals surface area contributed by atoms with Gasteiger partial charge in [0, 0.05) is 18.7 Å². The fourth-order valence-electron chi connectivity index (χ4n) is 1.42. The first-order chi connectivity index (χ1) is 4.38. The van der Waals surface area contributed by atoms with Crippen molar-refractivity contribution >= 4 is 5.91 Å². The van der Waals surface area contributed by atoms with Crippen LogP contribution in [0.4, 0.5) is 0 Å². The monoisotopic (exact) mass is 123 g/mol. The van der Waals surface area contributed by atoms with Crippen LogP contribution in [0.25, 0.3) is 0 Å². The van der Waals surface area contributed by atoms with Gasteiger partial charge in [0.1, 0.15) is 0 Å². The zero-order valence-corrected chi connectivity index (χ0v) is 5.21. The lowest BCUT2D eigenvalue weighted by atomic mass is 9.95. The molecule has 0 saturated carbocycles. The van der Waals surface area contributed by atoms with Crippen LogP contribution in [-0.4, -0.2) is 16.8 Å². The number of hydrogen-bond acceptors (Lipinski definition) is 1. The number of allylic oxidation sites excluding steroid dienone is 1. The molecule has 9 heavy (non-hydrogen) atoms. The number of fused-ring (bicyclic) bond motifs is 1. The number of rotatable bonds is 0. The van der Waals surface area contributed by atoms with Gasteiger partial charge in [-0.2, -0.15) is 0 Å². The molecule has 0 aliphatic carbocycles. The molecule has 2 rings (SSSR count). The second-order valence-electron chi connectivity index (χ2n) is 2.62. The van der Waals surface area contributed by atoms with Crippen molar-refractivity contribution in [3.63, 3.8) is 0 Å². The molecule has 0 bridgehead atoms. The quantitative estimate of drug-likeness (QED) is 0.438. The van der Waals surface area contributed by atoms with Gasteiger partial charge in [-0.05, 0) is 12.8 Å². The molecule has 1 amide bonds. The number of nitrogens with zero attached hydrogens (tertiary/aromatic N) is 1. The van der Waals surface area contributed by atoms with Crippen molar-refractivity contribution < 1.29 is 4.79 Å². The lowest BCUT2D eigenvalue weighted by Crippen LogP contribution is -2.50. The van der Waals surface area contributed by atoms with Crippen molar-refractivity contribution in [1.82, 2.24) is 4.90 Å². The van der Waals surface area contributed by atoms with E-state index in [4.69, 9.17) is 0 Å². The lowest BCUT2D eigenvalue weighted by molar-refractivity contribution is -0.141. The fourth-order valence-corrected chi connectivity index (χ4v) is 1.42. The van der Waals surface area contributed by atoms with E-state index in [1.54, 1.807) is 0 Å². The van der Waals surface area contributed by atoms with E-state index in [0.717, 1.165) is 12.8 Å². The van der Waals surface area contributed by atoms with Gasteiger partial charge in [-0.15, -0.1) is 0 Å². The Labute approximate surface area is 54.1 Å². The summed E-state index contributed by atoms with van der Waals surface area (Å²) in [5.41, 5.74) is 0. The highest BCUT2D eigenvalue weighted by Crippen LogP contribution is 2.27. The van der Waals surface area contributed by atoms with Crippen molar-refractivity contribution in [2.24, 2.45) is 0 Å². The Morgan fingerprint density at radius 3 is 3.11 bits per heavy atom. The third-order valence-electron chi connectivity index (χ3n) is 2.02. The second kappa shape index (κ2) is 1.59. The van der Waals surface area contributed by atoms with Gasteiger partial charge in [-0.3, -0.25) is 4.79 Å². The zero-order valence-electron chi connectivity index (χ0n) is 5.21. The number of carbonyl (C=O) groups is 1. The van der Waals surface area contributed by atoms with Gasteiger partial charge in [-0.25, -0.2) is 0 Å². The third-order valence-corrected chi connectivity index (χ3v) is 2.02. The van der Waals surface area contributed by atoms with Gasteiger partial charge in [0.05, 0.1) is 0 Å². The summed E-state index contributed by atoms with van der Waals surface area (Å²) < 4.78 is 0. The zero-order chi connectivity index (χ0) is 6.27. The van der Waals surface area contributed by atoms with Crippen molar-refractivity contribution in [1.29, 1.82) is 0 Å². The van der Waals surface area contributed by atoms with Gasteiger partial charge >= 0.3 is 0 Å². The van der Waals surface area contributed by atoms with Crippen molar-refractivity contribution in [2.75, 3.05) is 0 Å². The molecule has 0 N–H and O–H groups in total. The molecular formula is C7H9NO. The molecule has 1 atom stereocenters. The minimum Gasteiger partial charge on any atom is -0.316 e. The molecule has 0 aromatic heterocycles. The van der Waals surface area contributed by atoms with Crippen molar-refractivity contribution in [3.05, 3.63) is 12.3 Å². The Hall–Kier alpha value is -0.790. The van der Waals surface area contributed by atoms with Crippen LogP contribution in [0.15, 0.2) is 12.3 Å². The van der Waals surface area contributed by atoms with Gasteiger partial charge in [0.2, 0.25) is 5.91 Å². The molecule has 2 aliphatic heterocycles. The van der Waals surface area contributed by atoms with E-state index < -0.39 is 0 Å². The van der Waals surface area contributed by atoms with E-state index in [-0.39, 0.29) is 5.91 Å². The fraction of sp³-hybridized carbons (Fsp3) is 0.571. The topological polar surface area (TPSA) is 20.3 Å². The molecule has 0 radical (unpaired) electrons. The largest absolute Gasteiger partial charge is 0.316 e. The molecular weight excluding hydrogens is 114 g/mol. The summed E-state index contributed by atoms with van der Waals surface area (Å²) in [5.74, 6) is 0.288. The molecule has 1 saturated heterocycles.